The molecule has 0 bridgehead atoms. The lowest BCUT2D eigenvalue weighted by molar-refractivity contribution is -0.121. The summed E-state index contributed by atoms with van der Waals surface area (Å²) in [4.78, 5) is 12.1. The number of hydrogen-bond acceptors (Lipinski definition) is 3. The van der Waals surface area contributed by atoms with Gasteiger partial charge in [-0.1, -0.05) is 35.9 Å². The lowest BCUT2D eigenvalue weighted by Gasteiger charge is -2.14. The largest absolute Gasteiger partial charge is 0.350 e. The highest BCUT2D eigenvalue weighted by atomic mass is 35.5. The molecule has 2 aromatic carbocycles. The molecule has 0 aliphatic rings. The van der Waals surface area contributed by atoms with Crippen molar-refractivity contribution in [3.05, 3.63) is 64.7 Å². The molecular formula is C17H19ClN2O3S. The minimum Gasteiger partial charge on any atom is -0.350 e. The zero-order valence-corrected chi connectivity index (χ0v) is 14.8. The Morgan fingerprint density at radius 2 is 1.88 bits per heavy atom. The molecule has 1 atom stereocenters. The maximum absolute atomic E-state index is 12.1. The first-order valence-electron chi connectivity index (χ1n) is 7.42. The smallest absolute Gasteiger partial charge is 0.238 e. The Bertz CT molecular complexity index is 820. The number of primary sulfonamides is 1. The van der Waals surface area contributed by atoms with Crippen molar-refractivity contribution in [2.75, 3.05) is 0 Å². The Labute approximate surface area is 146 Å². The molecule has 2 aromatic rings. The van der Waals surface area contributed by atoms with Crippen molar-refractivity contribution < 1.29 is 13.2 Å². The molecule has 1 amide bonds. The van der Waals surface area contributed by atoms with E-state index in [0.29, 0.717) is 17.9 Å². The number of aryl methyl sites for hydroxylation is 1. The maximum Gasteiger partial charge on any atom is 0.238 e. The van der Waals surface area contributed by atoms with Crippen molar-refractivity contribution in [3.63, 3.8) is 0 Å². The molecule has 0 fully saturated rings. The standard InChI is InChI=1S/C17H19ClN2O3S/c1-12(14-3-2-4-15(18)11-14)20-17(21)10-7-13-5-8-16(9-6-13)24(19,22)23/h2-6,8-9,11-12H,7,10H2,1H3,(H,20,21)(H2,19,22,23). The molecule has 0 saturated heterocycles. The topological polar surface area (TPSA) is 89.3 Å². The summed E-state index contributed by atoms with van der Waals surface area (Å²) in [6, 6.07) is 13.4. The molecule has 0 aromatic heterocycles. The van der Waals surface area contributed by atoms with E-state index in [0.717, 1.165) is 11.1 Å². The normalized spacial score (nSPS) is 12.6. The van der Waals surface area contributed by atoms with E-state index >= 15 is 0 Å². The summed E-state index contributed by atoms with van der Waals surface area (Å²) in [7, 11) is -3.69. The quantitative estimate of drug-likeness (QED) is 0.823. The van der Waals surface area contributed by atoms with Crippen LogP contribution in [0.5, 0.6) is 0 Å². The first-order valence-corrected chi connectivity index (χ1v) is 9.35. The molecule has 0 aliphatic carbocycles. The maximum atomic E-state index is 12.1. The van der Waals surface area contributed by atoms with Crippen LogP contribution in [0.3, 0.4) is 0 Å². The average molecular weight is 367 g/mol. The first kappa shape index (κ1) is 18.4. The van der Waals surface area contributed by atoms with Crippen molar-refractivity contribution in [1.29, 1.82) is 0 Å². The number of carbonyl (C=O) groups is 1. The molecule has 1 unspecified atom stereocenters. The minimum absolute atomic E-state index is 0.0604. The van der Waals surface area contributed by atoms with E-state index in [-0.39, 0.29) is 16.8 Å². The van der Waals surface area contributed by atoms with Crippen LogP contribution in [-0.4, -0.2) is 14.3 Å². The van der Waals surface area contributed by atoms with Crippen LogP contribution in [0.2, 0.25) is 5.02 Å². The fourth-order valence-electron chi connectivity index (χ4n) is 2.28. The number of amides is 1. The van der Waals surface area contributed by atoms with E-state index in [1.807, 2.05) is 25.1 Å². The first-order chi connectivity index (χ1) is 11.3. The lowest BCUT2D eigenvalue weighted by atomic mass is 10.1. The molecule has 0 heterocycles. The Balaban J connectivity index is 1.89. The molecule has 2 rings (SSSR count). The predicted octanol–water partition coefficient (Wildman–Crippen LogP) is 2.80. The number of sulfonamides is 1. The Hall–Kier alpha value is -1.89. The summed E-state index contributed by atoms with van der Waals surface area (Å²) < 4.78 is 22.4. The lowest BCUT2D eigenvalue weighted by Crippen LogP contribution is -2.26. The number of benzene rings is 2. The van der Waals surface area contributed by atoms with Crippen LogP contribution < -0.4 is 10.5 Å². The Morgan fingerprint density at radius 3 is 2.46 bits per heavy atom. The van der Waals surface area contributed by atoms with Gasteiger partial charge in [-0.15, -0.1) is 0 Å². The number of carbonyl (C=O) groups excluding carboxylic acids is 1. The molecule has 0 aliphatic heterocycles. The molecule has 3 N–H and O–H groups in total. The highest BCUT2D eigenvalue weighted by Gasteiger charge is 2.11. The van der Waals surface area contributed by atoms with E-state index in [1.54, 1.807) is 18.2 Å². The molecule has 128 valence electrons. The molecular weight excluding hydrogens is 348 g/mol. The number of rotatable bonds is 6. The van der Waals surface area contributed by atoms with Crippen LogP contribution in [0.15, 0.2) is 53.4 Å². The van der Waals surface area contributed by atoms with Crippen LogP contribution in [0, 0.1) is 0 Å². The van der Waals surface area contributed by atoms with Gasteiger partial charge >= 0.3 is 0 Å². The third-order valence-corrected chi connectivity index (χ3v) is 4.78. The molecule has 7 heteroatoms. The van der Waals surface area contributed by atoms with E-state index in [2.05, 4.69) is 5.32 Å². The van der Waals surface area contributed by atoms with Crippen LogP contribution in [0.25, 0.3) is 0 Å². The summed E-state index contributed by atoms with van der Waals surface area (Å²) in [6.07, 6.45) is 0.818. The fourth-order valence-corrected chi connectivity index (χ4v) is 2.99. The van der Waals surface area contributed by atoms with Gasteiger partial charge in [0.1, 0.15) is 0 Å². The van der Waals surface area contributed by atoms with Gasteiger partial charge in [0.2, 0.25) is 15.9 Å². The van der Waals surface area contributed by atoms with Gasteiger partial charge in [-0.05, 0) is 48.7 Å². The van der Waals surface area contributed by atoms with Crippen LogP contribution in [0.4, 0.5) is 0 Å². The molecule has 0 saturated carbocycles. The second-order valence-electron chi connectivity index (χ2n) is 5.53. The van der Waals surface area contributed by atoms with Crippen LogP contribution in [0.1, 0.15) is 30.5 Å². The minimum atomic E-state index is -3.69. The van der Waals surface area contributed by atoms with Gasteiger partial charge in [0, 0.05) is 11.4 Å². The zero-order chi connectivity index (χ0) is 17.7. The summed E-state index contributed by atoms with van der Waals surface area (Å²) in [5.41, 5.74) is 1.81. The van der Waals surface area contributed by atoms with E-state index in [1.165, 1.54) is 12.1 Å². The average Bonchev–Trinajstić information content (AvgIpc) is 2.52. The van der Waals surface area contributed by atoms with Gasteiger partial charge < -0.3 is 5.32 Å². The van der Waals surface area contributed by atoms with Gasteiger partial charge in [-0.3, -0.25) is 4.79 Å². The van der Waals surface area contributed by atoms with Crippen LogP contribution >= 0.6 is 11.6 Å². The number of nitrogens with one attached hydrogen (secondary N) is 1. The highest BCUT2D eigenvalue weighted by Crippen LogP contribution is 2.17. The van der Waals surface area contributed by atoms with E-state index in [4.69, 9.17) is 16.7 Å². The fraction of sp³-hybridized carbons (Fsp3) is 0.235. The van der Waals surface area contributed by atoms with Crippen molar-refractivity contribution in [3.8, 4) is 0 Å². The van der Waals surface area contributed by atoms with Gasteiger partial charge in [0.05, 0.1) is 10.9 Å². The second-order valence-corrected chi connectivity index (χ2v) is 7.53. The van der Waals surface area contributed by atoms with Crippen molar-refractivity contribution in [2.24, 2.45) is 5.14 Å². The molecule has 0 spiro atoms. The highest BCUT2D eigenvalue weighted by molar-refractivity contribution is 7.89. The second kappa shape index (κ2) is 7.79. The summed E-state index contributed by atoms with van der Waals surface area (Å²) in [5.74, 6) is -0.0852. The van der Waals surface area contributed by atoms with E-state index in [9.17, 15) is 13.2 Å². The van der Waals surface area contributed by atoms with Gasteiger partial charge in [-0.25, -0.2) is 13.6 Å². The number of hydrogen-bond donors (Lipinski definition) is 2. The Morgan fingerprint density at radius 1 is 1.21 bits per heavy atom. The zero-order valence-electron chi connectivity index (χ0n) is 13.2. The third-order valence-electron chi connectivity index (χ3n) is 3.62. The SMILES string of the molecule is CC(NC(=O)CCc1ccc(S(N)(=O)=O)cc1)c1cccc(Cl)c1. The number of nitrogens with two attached hydrogens (primary N) is 1. The Kier molecular flexibility index (Phi) is 5.99. The van der Waals surface area contributed by atoms with E-state index < -0.39 is 10.0 Å². The van der Waals surface area contributed by atoms with Crippen molar-refractivity contribution in [1.82, 2.24) is 5.32 Å². The van der Waals surface area contributed by atoms with Gasteiger partial charge in [0.25, 0.3) is 0 Å². The third kappa shape index (κ3) is 5.33. The molecule has 0 radical (unpaired) electrons. The van der Waals surface area contributed by atoms with Gasteiger partial charge in [0.15, 0.2) is 0 Å². The summed E-state index contributed by atoms with van der Waals surface area (Å²) in [5, 5.41) is 8.59. The molecule has 24 heavy (non-hydrogen) atoms. The number of halogens is 1. The van der Waals surface area contributed by atoms with Crippen LogP contribution in [-0.2, 0) is 21.2 Å². The van der Waals surface area contributed by atoms with Crippen molar-refractivity contribution >= 4 is 27.5 Å². The summed E-state index contributed by atoms with van der Waals surface area (Å²) >= 11 is 5.95. The van der Waals surface area contributed by atoms with Gasteiger partial charge in [-0.2, -0.15) is 0 Å². The van der Waals surface area contributed by atoms with Crippen molar-refractivity contribution in [2.45, 2.75) is 30.7 Å². The summed E-state index contributed by atoms with van der Waals surface area (Å²) in [6.45, 7) is 1.89. The molecule has 5 nitrogen and oxygen atoms in total. The predicted molar refractivity (Wildman–Crippen MR) is 94.1 cm³/mol. The monoisotopic (exact) mass is 366 g/mol.